The molecular formula is C20H24N2O2. The molecule has 4 heteroatoms. The van der Waals surface area contributed by atoms with Gasteiger partial charge in [-0.3, -0.25) is 9.78 Å². The van der Waals surface area contributed by atoms with Crippen molar-refractivity contribution in [3.05, 3.63) is 53.9 Å². The van der Waals surface area contributed by atoms with Crippen molar-refractivity contribution in [2.75, 3.05) is 13.2 Å². The first-order valence-corrected chi connectivity index (χ1v) is 8.63. The van der Waals surface area contributed by atoms with E-state index in [-0.39, 0.29) is 18.6 Å². The highest BCUT2D eigenvalue weighted by Crippen LogP contribution is 2.24. The number of aromatic nitrogens is 1. The van der Waals surface area contributed by atoms with Gasteiger partial charge in [0.25, 0.3) is 5.91 Å². The Hall–Kier alpha value is -2.20. The van der Waals surface area contributed by atoms with Gasteiger partial charge in [-0.05, 0) is 44.2 Å². The first kappa shape index (κ1) is 16.7. The zero-order valence-electron chi connectivity index (χ0n) is 14.1. The Bertz CT molecular complexity index is 695. The number of piperidine rings is 1. The van der Waals surface area contributed by atoms with Crippen LogP contribution in [0.5, 0.6) is 0 Å². The average molecular weight is 324 g/mol. The maximum atomic E-state index is 12.9. The number of pyridine rings is 1. The maximum absolute atomic E-state index is 12.9. The van der Waals surface area contributed by atoms with Crippen molar-refractivity contribution >= 4 is 5.91 Å². The Balaban J connectivity index is 1.84. The summed E-state index contributed by atoms with van der Waals surface area (Å²) in [6.45, 7) is 2.94. The molecule has 1 fully saturated rings. The van der Waals surface area contributed by atoms with Gasteiger partial charge in [0.05, 0.1) is 5.56 Å². The van der Waals surface area contributed by atoms with Crippen molar-refractivity contribution in [2.24, 2.45) is 0 Å². The van der Waals surface area contributed by atoms with E-state index < -0.39 is 0 Å². The molecule has 1 aromatic heterocycles. The minimum Gasteiger partial charge on any atom is -0.396 e. The molecule has 3 rings (SSSR count). The van der Waals surface area contributed by atoms with Crippen LogP contribution in [0.1, 0.15) is 41.6 Å². The smallest absolute Gasteiger partial charge is 0.255 e. The summed E-state index contributed by atoms with van der Waals surface area (Å²) in [5.74, 6) is 0.0228. The van der Waals surface area contributed by atoms with Crippen LogP contribution in [0.25, 0.3) is 11.1 Å². The summed E-state index contributed by atoms with van der Waals surface area (Å²) >= 11 is 0. The highest BCUT2D eigenvalue weighted by atomic mass is 16.3. The summed E-state index contributed by atoms with van der Waals surface area (Å²) in [5, 5.41) is 9.25. The van der Waals surface area contributed by atoms with E-state index in [0.29, 0.717) is 12.0 Å². The quantitative estimate of drug-likeness (QED) is 0.937. The second-order valence-electron chi connectivity index (χ2n) is 6.49. The molecule has 0 radical (unpaired) electrons. The molecule has 1 N–H and O–H groups in total. The molecule has 24 heavy (non-hydrogen) atoms. The minimum absolute atomic E-state index is 0.0228. The summed E-state index contributed by atoms with van der Waals surface area (Å²) in [5.41, 5.74) is 3.85. The fourth-order valence-corrected chi connectivity index (χ4v) is 3.34. The molecule has 1 unspecified atom stereocenters. The number of carbonyl (C=O) groups is 1. The molecule has 2 aromatic rings. The Morgan fingerprint density at radius 1 is 1.21 bits per heavy atom. The molecule has 0 saturated carbocycles. The van der Waals surface area contributed by atoms with E-state index in [9.17, 15) is 9.90 Å². The van der Waals surface area contributed by atoms with Crippen LogP contribution >= 0.6 is 0 Å². The van der Waals surface area contributed by atoms with E-state index in [1.54, 1.807) is 12.4 Å². The molecule has 1 amide bonds. The van der Waals surface area contributed by atoms with Crippen LogP contribution < -0.4 is 0 Å². The Labute approximate surface area is 143 Å². The first-order chi connectivity index (χ1) is 11.7. The van der Waals surface area contributed by atoms with Crippen LogP contribution in [0.2, 0.25) is 0 Å². The molecule has 4 nitrogen and oxygen atoms in total. The lowest BCUT2D eigenvalue weighted by molar-refractivity contribution is 0.0574. The first-order valence-electron chi connectivity index (χ1n) is 8.63. The van der Waals surface area contributed by atoms with Crippen molar-refractivity contribution in [1.82, 2.24) is 9.88 Å². The number of aliphatic hydroxyl groups is 1. The molecule has 0 aliphatic carbocycles. The van der Waals surface area contributed by atoms with E-state index in [0.717, 1.165) is 36.9 Å². The molecule has 0 bridgehead atoms. The van der Waals surface area contributed by atoms with Crippen LogP contribution in [0, 0.1) is 6.92 Å². The Kier molecular flexibility index (Phi) is 5.26. The number of aryl methyl sites for hydroxylation is 1. The van der Waals surface area contributed by atoms with Crippen LogP contribution in [-0.4, -0.2) is 40.1 Å². The van der Waals surface area contributed by atoms with Crippen LogP contribution in [0.3, 0.4) is 0 Å². The van der Waals surface area contributed by atoms with Crippen molar-refractivity contribution in [3.63, 3.8) is 0 Å². The summed E-state index contributed by atoms with van der Waals surface area (Å²) in [7, 11) is 0. The number of rotatable bonds is 4. The summed E-state index contributed by atoms with van der Waals surface area (Å²) in [6.07, 6.45) is 7.20. The molecule has 1 aromatic carbocycles. The Morgan fingerprint density at radius 2 is 2.00 bits per heavy atom. The third kappa shape index (κ3) is 3.65. The summed E-state index contributed by atoms with van der Waals surface area (Å²) < 4.78 is 0. The molecule has 1 aliphatic rings. The molecule has 1 saturated heterocycles. The topological polar surface area (TPSA) is 53.4 Å². The number of benzene rings is 1. The highest BCUT2D eigenvalue weighted by Gasteiger charge is 2.27. The van der Waals surface area contributed by atoms with Gasteiger partial charge in [-0.15, -0.1) is 0 Å². The van der Waals surface area contributed by atoms with Crippen molar-refractivity contribution < 1.29 is 9.90 Å². The van der Waals surface area contributed by atoms with Gasteiger partial charge in [0, 0.05) is 37.2 Å². The summed E-state index contributed by atoms with van der Waals surface area (Å²) in [6, 6.07) is 10.3. The molecule has 1 atom stereocenters. The van der Waals surface area contributed by atoms with E-state index in [1.165, 1.54) is 5.56 Å². The molecule has 126 valence electrons. The fourth-order valence-electron chi connectivity index (χ4n) is 3.34. The normalized spacial score (nSPS) is 17.8. The number of hydrogen-bond acceptors (Lipinski definition) is 3. The number of aliphatic hydroxyl groups excluding tert-OH is 1. The molecule has 2 heterocycles. The van der Waals surface area contributed by atoms with E-state index in [2.05, 4.69) is 36.2 Å². The van der Waals surface area contributed by atoms with Gasteiger partial charge < -0.3 is 10.0 Å². The highest BCUT2D eigenvalue weighted by molar-refractivity contribution is 5.95. The number of hydrogen-bond donors (Lipinski definition) is 1. The molecular weight excluding hydrogens is 300 g/mol. The Morgan fingerprint density at radius 3 is 2.75 bits per heavy atom. The third-order valence-corrected chi connectivity index (χ3v) is 4.72. The second-order valence-corrected chi connectivity index (χ2v) is 6.49. The van der Waals surface area contributed by atoms with Crippen LogP contribution in [0.4, 0.5) is 0 Å². The van der Waals surface area contributed by atoms with Crippen LogP contribution in [-0.2, 0) is 0 Å². The third-order valence-electron chi connectivity index (χ3n) is 4.72. The van der Waals surface area contributed by atoms with E-state index >= 15 is 0 Å². The average Bonchev–Trinajstić information content (AvgIpc) is 2.63. The molecule has 1 aliphatic heterocycles. The van der Waals surface area contributed by atoms with Crippen LogP contribution in [0.15, 0.2) is 42.7 Å². The van der Waals surface area contributed by atoms with Gasteiger partial charge in [-0.2, -0.15) is 0 Å². The van der Waals surface area contributed by atoms with Crippen molar-refractivity contribution in [2.45, 2.75) is 38.6 Å². The monoisotopic (exact) mass is 324 g/mol. The second kappa shape index (κ2) is 7.58. The SMILES string of the molecule is Cc1ccc(-c2cncc(C(=O)N3CCCCC3CCO)c2)cc1. The standard InChI is InChI=1S/C20H24N2O2/c1-15-5-7-16(8-6-15)17-12-18(14-21-13-17)20(24)22-10-3-2-4-19(22)9-11-23/h5-8,12-14,19,23H,2-4,9-11H2,1H3. The van der Waals surface area contributed by atoms with E-state index in [1.807, 2.05) is 11.0 Å². The van der Waals surface area contributed by atoms with Gasteiger partial charge in [0.2, 0.25) is 0 Å². The zero-order valence-corrected chi connectivity index (χ0v) is 14.1. The largest absolute Gasteiger partial charge is 0.396 e. The van der Waals surface area contributed by atoms with Crippen molar-refractivity contribution in [1.29, 1.82) is 0 Å². The van der Waals surface area contributed by atoms with Gasteiger partial charge >= 0.3 is 0 Å². The predicted octanol–water partition coefficient (Wildman–Crippen LogP) is 3.43. The fraction of sp³-hybridized carbons (Fsp3) is 0.400. The zero-order chi connectivity index (χ0) is 16.9. The lowest BCUT2D eigenvalue weighted by Gasteiger charge is -2.35. The number of carbonyl (C=O) groups excluding carboxylic acids is 1. The van der Waals surface area contributed by atoms with Gasteiger partial charge in [0.15, 0.2) is 0 Å². The summed E-state index contributed by atoms with van der Waals surface area (Å²) in [4.78, 5) is 19.1. The van der Waals surface area contributed by atoms with E-state index in [4.69, 9.17) is 0 Å². The lowest BCUT2D eigenvalue weighted by Crippen LogP contribution is -2.44. The molecule has 0 spiro atoms. The van der Waals surface area contributed by atoms with Gasteiger partial charge in [-0.1, -0.05) is 29.8 Å². The predicted molar refractivity (Wildman–Crippen MR) is 94.8 cm³/mol. The van der Waals surface area contributed by atoms with Gasteiger partial charge in [0.1, 0.15) is 0 Å². The number of amides is 1. The van der Waals surface area contributed by atoms with Gasteiger partial charge in [-0.25, -0.2) is 0 Å². The lowest BCUT2D eigenvalue weighted by atomic mass is 9.98. The maximum Gasteiger partial charge on any atom is 0.255 e. The van der Waals surface area contributed by atoms with Crippen molar-refractivity contribution in [3.8, 4) is 11.1 Å². The number of nitrogens with zero attached hydrogens (tertiary/aromatic N) is 2. The number of likely N-dealkylation sites (tertiary alicyclic amines) is 1. The minimum atomic E-state index is 0.0228.